The smallest absolute Gasteiger partial charge is 0.407 e. The van der Waals surface area contributed by atoms with Gasteiger partial charge in [0, 0.05) is 42.4 Å². The zero-order valence-electron chi connectivity index (χ0n) is 18.5. The first-order chi connectivity index (χ1) is 15.2. The van der Waals surface area contributed by atoms with Crippen LogP contribution in [0.4, 0.5) is 10.6 Å². The summed E-state index contributed by atoms with van der Waals surface area (Å²) < 4.78 is 29.4. The van der Waals surface area contributed by atoms with Gasteiger partial charge in [0.1, 0.15) is 6.10 Å². The Morgan fingerprint density at radius 2 is 2.06 bits per heavy atom. The molecule has 3 rings (SSSR count). The van der Waals surface area contributed by atoms with Gasteiger partial charge in [0.05, 0.1) is 11.3 Å². The summed E-state index contributed by atoms with van der Waals surface area (Å²) in [6.07, 6.45) is 4.85. The predicted molar refractivity (Wildman–Crippen MR) is 118 cm³/mol. The molecule has 1 saturated carbocycles. The topological polar surface area (TPSA) is 143 Å². The van der Waals surface area contributed by atoms with Gasteiger partial charge in [-0.15, -0.1) is 0 Å². The van der Waals surface area contributed by atoms with Gasteiger partial charge in [-0.05, 0) is 44.2 Å². The monoisotopic (exact) mass is 463 g/mol. The van der Waals surface area contributed by atoms with E-state index in [1.165, 1.54) is 6.20 Å². The van der Waals surface area contributed by atoms with Gasteiger partial charge in [-0.25, -0.2) is 13.2 Å². The number of rotatable bonds is 8. The number of aryl methyl sites for hydroxylation is 1. The number of anilines is 1. The second-order valence-electron chi connectivity index (χ2n) is 8.10. The highest BCUT2D eigenvalue weighted by Gasteiger charge is 2.30. The van der Waals surface area contributed by atoms with E-state index < -0.39 is 15.9 Å². The maximum absolute atomic E-state index is 12.5. The van der Waals surface area contributed by atoms with Crippen molar-refractivity contribution in [1.82, 2.24) is 20.5 Å². The molecule has 3 N–H and O–H groups in total. The normalized spacial score (nSPS) is 18.3. The number of alkyl carbamates (subject to hydrolysis) is 1. The molecule has 32 heavy (non-hydrogen) atoms. The third-order valence-corrected chi connectivity index (χ3v) is 6.48. The van der Waals surface area contributed by atoms with Crippen LogP contribution < -0.4 is 10.6 Å². The molecule has 1 aliphatic carbocycles. The number of carbonyl (C=O) groups is 2. The molecule has 2 aromatic rings. The third kappa shape index (κ3) is 6.28. The van der Waals surface area contributed by atoms with Crippen LogP contribution in [0.3, 0.4) is 0 Å². The Hall–Kier alpha value is -2.95. The molecule has 174 valence electrons. The number of sulfone groups is 1. The summed E-state index contributed by atoms with van der Waals surface area (Å²) in [7, 11) is -3.50. The van der Waals surface area contributed by atoms with E-state index in [4.69, 9.17) is 4.74 Å². The van der Waals surface area contributed by atoms with E-state index in [-0.39, 0.29) is 29.2 Å². The lowest BCUT2D eigenvalue weighted by Gasteiger charge is -2.12. The van der Waals surface area contributed by atoms with Crippen molar-refractivity contribution < 1.29 is 22.7 Å². The van der Waals surface area contributed by atoms with Crippen molar-refractivity contribution in [3.63, 3.8) is 0 Å². The first-order valence-electron chi connectivity index (χ1n) is 10.6. The second-order valence-corrected chi connectivity index (χ2v) is 10.1. The van der Waals surface area contributed by atoms with Crippen molar-refractivity contribution in [3.05, 3.63) is 35.3 Å². The average molecular weight is 464 g/mol. The minimum atomic E-state index is -3.50. The molecule has 0 aliphatic heterocycles. The highest BCUT2D eigenvalue weighted by atomic mass is 32.2. The summed E-state index contributed by atoms with van der Waals surface area (Å²) in [5.74, 6) is 0.136. The summed E-state index contributed by atoms with van der Waals surface area (Å²) in [6.45, 7) is 4.30. The molecule has 10 nitrogen and oxygen atoms in total. The number of amides is 2. The van der Waals surface area contributed by atoms with Gasteiger partial charge in [-0.3, -0.25) is 14.9 Å². The lowest BCUT2D eigenvalue weighted by Crippen LogP contribution is -2.28. The molecule has 2 heterocycles. The molecular formula is C21H29N5O5S. The van der Waals surface area contributed by atoms with Crippen molar-refractivity contribution in [2.75, 3.05) is 18.1 Å². The second kappa shape index (κ2) is 10.1. The molecule has 1 aliphatic rings. The zero-order valence-corrected chi connectivity index (χ0v) is 19.3. The number of aromatic amines is 1. The maximum Gasteiger partial charge on any atom is 0.407 e. The Bertz CT molecular complexity index is 1080. The van der Waals surface area contributed by atoms with Crippen LogP contribution in [0, 0.1) is 6.92 Å². The van der Waals surface area contributed by atoms with E-state index in [9.17, 15) is 18.0 Å². The zero-order chi connectivity index (χ0) is 23.3. The van der Waals surface area contributed by atoms with Gasteiger partial charge < -0.3 is 15.4 Å². The van der Waals surface area contributed by atoms with Crippen molar-refractivity contribution >= 4 is 27.7 Å². The highest BCUT2D eigenvalue weighted by molar-refractivity contribution is 7.90. The predicted octanol–water partition coefficient (Wildman–Crippen LogP) is 2.47. The van der Waals surface area contributed by atoms with Crippen LogP contribution in [0.5, 0.6) is 0 Å². The van der Waals surface area contributed by atoms with Gasteiger partial charge >= 0.3 is 6.09 Å². The number of hydrogen-bond acceptors (Lipinski definition) is 7. The molecule has 2 amide bonds. The highest BCUT2D eigenvalue weighted by Crippen LogP contribution is 2.35. The fraction of sp³-hybridized carbons (Fsp3) is 0.524. The van der Waals surface area contributed by atoms with Crippen molar-refractivity contribution in [2.24, 2.45) is 0 Å². The van der Waals surface area contributed by atoms with Crippen LogP contribution in [-0.4, -0.2) is 54.5 Å². The quantitative estimate of drug-likeness (QED) is 0.545. The number of carbonyl (C=O) groups excluding carboxylic acids is 2. The van der Waals surface area contributed by atoms with E-state index in [1.54, 1.807) is 19.1 Å². The van der Waals surface area contributed by atoms with Gasteiger partial charge in [0.15, 0.2) is 15.7 Å². The van der Waals surface area contributed by atoms with E-state index in [2.05, 4.69) is 25.8 Å². The molecule has 2 aromatic heterocycles. The van der Waals surface area contributed by atoms with E-state index in [0.717, 1.165) is 31.2 Å². The summed E-state index contributed by atoms with van der Waals surface area (Å²) >= 11 is 0. The lowest BCUT2D eigenvalue weighted by molar-refractivity contribution is -0.115. The number of aromatic nitrogens is 3. The van der Waals surface area contributed by atoms with Gasteiger partial charge in [0.2, 0.25) is 5.91 Å². The summed E-state index contributed by atoms with van der Waals surface area (Å²) in [6, 6.07) is 3.36. The molecule has 0 spiro atoms. The van der Waals surface area contributed by atoms with Gasteiger partial charge in [-0.2, -0.15) is 5.10 Å². The van der Waals surface area contributed by atoms with Crippen molar-refractivity contribution in [3.8, 4) is 0 Å². The van der Waals surface area contributed by atoms with E-state index in [0.29, 0.717) is 30.0 Å². The fourth-order valence-corrected chi connectivity index (χ4v) is 4.65. The number of hydrogen-bond donors (Lipinski definition) is 3. The number of nitrogens with zero attached hydrogens (tertiary/aromatic N) is 2. The summed E-state index contributed by atoms with van der Waals surface area (Å²) in [5.41, 5.74) is 1.88. The Kier molecular flexibility index (Phi) is 7.49. The Morgan fingerprint density at radius 3 is 2.78 bits per heavy atom. The van der Waals surface area contributed by atoms with E-state index in [1.807, 2.05) is 6.92 Å². The number of H-pyrrole nitrogens is 1. The minimum Gasteiger partial charge on any atom is -0.446 e. The molecular weight excluding hydrogens is 434 g/mol. The molecule has 0 bridgehead atoms. The number of nitrogens with one attached hydrogen (secondary N) is 3. The van der Waals surface area contributed by atoms with E-state index >= 15 is 0 Å². The van der Waals surface area contributed by atoms with Crippen LogP contribution in [-0.2, 0) is 25.8 Å². The first kappa shape index (κ1) is 23.7. The van der Waals surface area contributed by atoms with Crippen LogP contribution >= 0.6 is 0 Å². The molecule has 0 aromatic carbocycles. The summed E-state index contributed by atoms with van der Waals surface area (Å²) in [4.78, 5) is 28.3. The third-order valence-electron chi connectivity index (χ3n) is 5.32. The van der Waals surface area contributed by atoms with Crippen LogP contribution in [0.1, 0.15) is 55.5 Å². The Balaban J connectivity index is 1.58. The van der Waals surface area contributed by atoms with Crippen LogP contribution in [0.15, 0.2) is 23.2 Å². The van der Waals surface area contributed by atoms with Crippen LogP contribution in [0.2, 0.25) is 0 Å². The van der Waals surface area contributed by atoms with Crippen LogP contribution in [0.25, 0.3) is 0 Å². The minimum absolute atomic E-state index is 0.0425. The van der Waals surface area contributed by atoms with Crippen molar-refractivity contribution in [1.29, 1.82) is 0 Å². The molecule has 11 heteroatoms. The molecule has 2 atom stereocenters. The maximum atomic E-state index is 12.5. The largest absolute Gasteiger partial charge is 0.446 e. The summed E-state index contributed by atoms with van der Waals surface area (Å²) in [5, 5.41) is 12.5. The van der Waals surface area contributed by atoms with Gasteiger partial charge in [0.25, 0.3) is 0 Å². The Labute approximate surface area is 187 Å². The Morgan fingerprint density at radius 1 is 1.28 bits per heavy atom. The van der Waals surface area contributed by atoms with Crippen molar-refractivity contribution in [2.45, 2.75) is 62.9 Å². The van der Waals surface area contributed by atoms with Gasteiger partial charge in [-0.1, -0.05) is 6.92 Å². The fourth-order valence-electron chi connectivity index (χ4n) is 3.80. The molecule has 1 fully saturated rings. The molecule has 0 unspecified atom stereocenters. The average Bonchev–Trinajstić information content (AvgIpc) is 3.34. The molecule has 0 saturated heterocycles. The lowest BCUT2D eigenvalue weighted by atomic mass is 10.0. The number of pyridine rings is 1. The SMILES string of the molecule is CCCNC(=O)O[C@@H]1CC[C@H](c2cc(NC(=O)Cc3cc(C)ncc3S(C)(=O)=O)n[nH]2)C1. The molecule has 0 radical (unpaired) electrons. The first-order valence-corrected chi connectivity index (χ1v) is 12.5. The standard InChI is InChI=1S/C21H29N5O5S/c1-4-7-22-21(28)31-16-6-5-14(9-16)17-11-19(26-25-17)24-20(27)10-15-8-13(2)23-12-18(15)32(3,29)30/h8,11-12,14,16H,4-7,9-10H2,1-3H3,(H,22,28)(H2,24,25,26,27)/t14-,16+/m0/s1. The number of ether oxygens (including phenoxy) is 1.